The number of rotatable bonds is 5. The predicted molar refractivity (Wildman–Crippen MR) is 57.7 cm³/mol. The molecule has 2 atom stereocenters. The van der Waals surface area contributed by atoms with E-state index in [2.05, 4.69) is 0 Å². The maximum atomic E-state index is 11.4. The maximum Gasteiger partial charge on any atom is 0.326 e. The second-order valence-electron chi connectivity index (χ2n) is 3.32. The normalized spacial score (nSPS) is 14.4. The Labute approximate surface area is 91.6 Å². The van der Waals surface area contributed by atoms with Crippen LogP contribution in [0.2, 0.25) is 0 Å². The third-order valence-electron chi connectivity index (χ3n) is 1.70. The topological polar surface area (TPSA) is 49.8 Å². The number of hydrogen-bond donors (Lipinski definition) is 1. The van der Waals surface area contributed by atoms with Crippen LogP contribution in [0, 0.1) is 0 Å². The average molecular weight is 226 g/mol. The molecule has 0 aromatic heterocycles. The average Bonchev–Trinajstić information content (AvgIpc) is 1.99. The van der Waals surface area contributed by atoms with Gasteiger partial charge < -0.3 is 9.84 Å². The van der Waals surface area contributed by atoms with Gasteiger partial charge in [-0.2, -0.15) is 0 Å². The van der Waals surface area contributed by atoms with Gasteiger partial charge in [0.2, 0.25) is 0 Å². The van der Waals surface area contributed by atoms with Crippen LogP contribution >= 0.6 is 12.4 Å². The summed E-state index contributed by atoms with van der Waals surface area (Å²) in [7, 11) is 3.48. The van der Waals surface area contributed by atoms with E-state index in [4.69, 9.17) is 4.74 Å². The smallest absolute Gasteiger partial charge is 0.326 e. The number of esters is 1. The lowest BCUT2D eigenvalue weighted by Gasteiger charge is -2.24. The summed E-state index contributed by atoms with van der Waals surface area (Å²) in [6.45, 7) is 3.92. The first kappa shape index (κ1) is 16.1. The van der Waals surface area contributed by atoms with Crippen molar-refractivity contribution in [3.63, 3.8) is 0 Å². The van der Waals surface area contributed by atoms with Crippen molar-refractivity contribution in [3.8, 4) is 0 Å². The van der Waals surface area contributed by atoms with E-state index < -0.39 is 12.1 Å². The monoisotopic (exact) mass is 225 g/mol. The first-order chi connectivity index (χ1) is 6.00. The highest BCUT2D eigenvalue weighted by atomic mass is 35.5. The zero-order valence-electron chi connectivity index (χ0n) is 9.19. The van der Waals surface area contributed by atoms with Gasteiger partial charge in [-0.1, -0.05) is 6.92 Å². The molecule has 0 aliphatic rings. The molecule has 14 heavy (non-hydrogen) atoms. The molecule has 0 heterocycles. The standard InChI is InChI=1S/C9H19NO3.ClH/c1-5-6-13-9(12)8(7(2)11)10(3)4;/h7-8,11H,5-6H2,1-4H3;1H. The second-order valence-corrected chi connectivity index (χ2v) is 3.32. The van der Waals surface area contributed by atoms with Crippen molar-refractivity contribution < 1.29 is 14.6 Å². The Morgan fingerprint density at radius 3 is 2.29 bits per heavy atom. The molecule has 0 spiro atoms. The molecule has 0 aromatic carbocycles. The van der Waals surface area contributed by atoms with Crippen LogP contribution in [-0.4, -0.2) is 48.8 Å². The summed E-state index contributed by atoms with van der Waals surface area (Å²) in [6.07, 6.45) is 0.0884. The number of carbonyl (C=O) groups is 1. The quantitative estimate of drug-likeness (QED) is 0.699. The highest BCUT2D eigenvalue weighted by Crippen LogP contribution is 2.03. The van der Waals surface area contributed by atoms with E-state index >= 15 is 0 Å². The summed E-state index contributed by atoms with van der Waals surface area (Å²) < 4.78 is 4.94. The number of likely N-dealkylation sites (N-methyl/N-ethyl adjacent to an activating group) is 1. The van der Waals surface area contributed by atoms with Crippen molar-refractivity contribution in [1.29, 1.82) is 0 Å². The van der Waals surface area contributed by atoms with Crippen molar-refractivity contribution in [3.05, 3.63) is 0 Å². The number of aliphatic hydroxyl groups excluding tert-OH is 1. The fourth-order valence-corrected chi connectivity index (χ4v) is 1.13. The molecule has 0 saturated heterocycles. The molecule has 0 aliphatic heterocycles. The molecule has 0 fully saturated rings. The van der Waals surface area contributed by atoms with Gasteiger partial charge in [-0.15, -0.1) is 12.4 Å². The molecule has 0 aromatic rings. The van der Waals surface area contributed by atoms with Gasteiger partial charge in [0, 0.05) is 0 Å². The highest BCUT2D eigenvalue weighted by molar-refractivity contribution is 5.85. The first-order valence-electron chi connectivity index (χ1n) is 4.51. The molecule has 0 bridgehead atoms. The molecule has 0 rings (SSSR count). The summed E-state index contributed by atoms with van der Waals surface area (Å²) in [5.74, 6) is -0.359. The molecule has 1 N–H and O–H groups in total. The van der Waals surface area contributed by atoms with Gasteiger partial charge >= 0.3 is 5.97 Å². The van der Waals surface area contributed by atoms with Gasteiger partial charge in [0.15, 0.2) is 0 Å². The maximum absolute atomic E-state index is 11.4. The van der Waals surface area contributed by atoms with Crippen LogP contribution in [0.15, 0.2) is 0 Å². The Kier molecular flexibility index (Phi) is 9.24. The third kappa shape index (κ3) is 5.42. The van der Waals surface area contributed by atoms with Crippen LogP contribution in [0.3, 0.4) is 0 Å². The lowest BCUT2D eigenvalue weighted by atomic mass is 10.2. The fraction of sp³-hybridized carbons (Fsp3) is 0.889. The lowest BCUT2D eigenvalue weighted by Crippen LogP contribution is -2.45. The molecule has 4 nitrogen and oxygen atoms in total. The zero-order valence-corrected chi connectivity index (χ0v) is 10.0. The van der Waals surface area contributed by atoms with Crippen LogP contribution in [-0.2, 0) is 9.53 Å². The first-order valence-corrected chi connectivity index (χ1v) is 4.51. The SMILES string of the molecule is CCCOC(=O)C(C(C)O)N(C)C.Cl. The van der Waals surface area contributed by atoms with Crippen LogP contribution < -0.4 is 0 Å². The molecular formula is C9H20ClNO3. The number of nitrogens with zero attached hydrogens (tertiary/aromatic N) is 1. The van der Waals surface area contributed by atoms with E-state index in [0.29, 0.717) is 6.61 Å². The molecule has 0 saturated carbocycles. The second kappa shape index (κ2) is 8.03. The predicted octanol–water partition coefficient (Wildman–Crippen LogP) is 0.672. The van der Waals surface area contributed by atoms with Crippen molar-refractivity contribution >= 4 is 18.4 Å². The molecular weight excluding hydrogens is 206 g/mol. The minimum Gasteiger partial charge on any atom is -0.464 e. The molecule has 0 radical (unpaired) electrons. The lowest BCUT2D eigenvalue weighted by molar-refractivity contribution is -0.152. The van der Waals surface area contributed by atoms with Crippen molar-refractivity contribution in [2.75, 3.05) is 20.7 Å². The summed E-state index contributed by atoms with van der Waals surface area (Å²) in [4.78, 5) is 13.0. The summed E-state index contributed by atoms with van der Waals surface area (Å²) >= 11 is 0. The summed E-state index contributed by atoms with van der Waals surface area (Å²) in [6, 6.07) is -0.563. The minimum absolute atomic E-state index is 0. The molecule has 5 heteroatoms. The van der Waals surface area contributed by atoms with Crippen LogP contribution in [0.25, 0.3) is 0 Å². The number of ether oxygens (including phenoxy) is 1. The van der Waals surface area contributed by atoms with Gasteiger partial charge in [-0.05, 0) is 27.4 Å². The van der Waals surface area contributed by atoms with Gasteiger partial charge in [0.25, 0.3) is 0 Å². The fourth-order valence-electron chi connectivity index (χ4n) is 1.13. The van der Waals surface area contributed by atoms with Crippen LogP contribution in [0.4, 0.5) is 0 Å². The van der Waals surface area contributed by atoms with Gasteiger partial charge in [-0.3, -0.25) is 9.69 Å². The van der Waals surface area contributed by atoms with Crippen molar-refractivity contribution in [1.82, 2.24) is 4.90 Å². The Bertz CT molecular complexity index is 154. The largest absolute Gasteiger partial charge is 0.464 e. The molecule has 0 amide bonds. The Morgan fingerprint density at radius 2 is 2.00 bits per heavy atom. The van der Waals surface area contributed by atoms with E-state index in [1.165, 1.54) is 0 Å². The zero-order chi connectivity index (χ0) is 10.4. The summed E-state index contributed by atoms with van der Waals surface area (Å²) in [5.41, 5.74) is 0. The van der Waals surface area contributed by atoms with Crippen LogP contribution in [0.1, 0.15) is 20.3 Å². The Hall–Kier alpha value is -0.320. The van der Waals surface area contributed by atoms with E-state index in [-0.39, 0.29) is 18.4 Å². The van der Waals surface area contributed by atoms with Gasteiger partial charge in [0.05, 0.1) is 12.7 Å². The highest BCUT2D eigenvalue weighted by Gasteiger charge is 2.26. The molecule has 86 valence electrons. The molecule has 2 unspecified atom stereocenters. The molecule has 0 aliphatic carbocycles. The van der Waals surface area contributed by atoms with E-state index in [1.54, 1.807) is 25.9 Å². The van der Waals surface area contributed by atoms with Crippen molar-refractivity contribution in [2.24, 2.45) is 0 Å². The van der Waals surface area contributed by atoms with E-state index in [9.17, 15) is 9.90 Å². The minimum atomic E-state index is -0.709. The number of carbonyl (C=O) groups excluding carboxylic acids is 1. The van der Waals surface area contributed by atoms with E-state index in [1.807, 2.05) is 6.92 Å². The third-order valence-corrected chi connectivity index (χ3v) is 1.70. The Balaban J connectivity index is 0. The van der Waals surface area contributed by atoms with Gasteiger partial charge in [0.1, 0.15) is 6.04 Å². The number of halogens is 1. The number of hydrogen-bond acceptors (Lipinski definition) is 4. The summed E-state index contributed by atoms with van der Waals surface area (Å²) in [5, 5.41) is 9.31. The van der Waals surface area contributed by atoms with E-state index in [0.717, 1.165) is 6.42 Å². The van der Waals surface area contributed by atoms with Gasteiger partial charge in [-0.25, -0.2) is 0 Å². The number of aliphatic hydroxyl groups is 1. The Morgan fingerprint density at radius 1 is 1.50 bits per heavy atom. The van der Waals surface area contributed by atoms with Crippen LogP contribution in [0.5, 0.6) is 0 Å². The van der Waals surface area contributed by atoms with Crippen molar-refractivity contribution in [2.45, 2.75) is 32.4 Å².